The van der Waals surface area contributed by atoms with Gasteiger partial charge >= 0.3 is 7.12 Å². The van der Waals surface area contributed by atoms with Crippen LogP contribution in [0.3, 0.4) is 0 Å². The van der Waals surface area contributed by atoms with Crippen LogP contribution < -0.4 is 0 Å². The van der Waals surface area contributed by atoms with Gasteiger partial charge in [-0.25, -0.2) is 19.4 Å². The van der Waals surface area contributed by atoms with E-state index in [-0.39, 0.29) is 0 Å². The van der Waals surface area contributed by atoms with Crippen LogP contribution in [0.1, 0.15) is 0 Å². The summed E-state index contributed by atoms with van der Waals surface area (Å²) in [4.78, 5) is 27.3. The van der Waals surface area contributed by atoms with Crippen LogP contribution in [0, 0.1) is 0 Å². The Bertz CT molecular complexity index is 175. The molecule has 0 N–H and O–H groups in total. The summed E-state index contributed by atoms with van der Waals surface area (Å²) in [6, 6.07) is 0. The second-order valence-electron chi connectivity index (χ2n) is 1.75. The van der Waals surface area contributed by atoms with E-state index in [1.54, 1.807) is 14.1 Å². The van der Waals surface area contributed by atoms with Crippen LogP contribution in [0.25, 0.3) is 0 Å². The van der Waals surface area contributed by atoms with Gasteiger partial charge in [-0.2, -0.15) is 0 Å². The molecule has 0 rings (SSSR count). The minimum atomic E-state index is -0.782. The summed E-state index contributed by atoms with van der Waals surface area (Å²) in [6.07, 6.45) is 2.59. The highest BCUT2D eigenvalue weighted by atomic mass is 16.1. The van der Waals surface area contributed by atoms with Gasteiger partial charge in [0, 0.05) is 0 Å². The van der Waals surface area contributed by atoms with Crippen LogP contribution in [0.4, 0.5) is 0 Å². The van der Waals surface area contributed by atoms with Crippen molar-refractivity contribution in [3.05, 3.63) is 0 Å². The van der Waals surface area contributed by atoms with Crippen molar-refractivity contribution in [1.82, 2.24) is 4.81 Å². The largest absolute Gasteiger partial charge is 0.529 e. The molecule has 0 spiro atoms. The Morgan fingerprint density at radius 1 is 1.20 bits per heavy atom. The van der Waals surface area contributed by atoms with Gasteiger partial charge in [-0.15, -0.1) is 0 Å². The molecule has 5 nitrogen and oxygen atoms in total. The molecule has 0 aromatic heterocycles. The molecular weight excluding hydrogens is 133 g/mol. The molecule has 0 unspecified atom stereocenters. The lowest BCUT2D eigenvalue weighted by Gasteiger charge is -2.05. The summed E-state index contributed by atoms with van der Waals surface area (Å²) in [5.41, 5.74) is 0. The number of hydrogen-bond donors (Lipinski definition) is 0. The van der Waals surface area contributed by atoms with Crippen molar-refractivity contribution in [2.75, 3.05) is 14.1 Å². The van der Waals surface area contributed by atoms with Crippen molar-refractivity contribution in [3.63, 3.8) is 0 Å². The fraction of sp³-hybridized carbons (Fsp3) is 0.500. The maximum Gasteiger partial charge on any atom is 0.529 e. The first-order chi connectivity index (χ1) is 4.72. The molecule has 0 saturated heterocycles. The Morgan fingerprint density at radius 2 is 1.60 bits per heavy atom. The third-order valence-corrected chi connectivity index (χ3v) is 0.798. The van der Waals surface area contributed by atoms with Crippen LogP contribution >= 0.6 is 0 Å². The van der Waals surface area contributed by atoms with E-state index in [0.29, 0.717) is 0 Å². The first-order valence-electron chi connectivity index (χ1n) is 2.52. The first-order valence-corrected chi connectivity index (χ1v) is 2.52. The fourth-order valence-corrected chi connectivity index (χ4v) is 0.354. The molecule has 0 aliphatic heterocycles. The highest BCUT2D eigenvalue weighted by Gasteiger charge is 2.15. The van der Waals surface area contributed by atoms with Crippen molar-refractivity contribution >= 4 is 19.3 Å². The van der Waals surface area contributed by atoms with Gasteiger partial charge in [0.1, 0.15) is 0 Å². The molecule has 10 heavy (non-hydrogen) atoms. The van der Waals surface area contributed by atoms with Crippen molar-refractivity contribution < 1.29 is 9.59 Å². The summed E-state index contributed by atoms with van der Waals surface area (Å²) < 4.78 is 0. The zero-order valence-corrected chi connectivity index (χ0v) is 5.74. The third-order valence-electron chi connectivity index (χ3n) is 0.798. The van der Waals surface area contributed by atoms with Crippen molar-refractivity contribution in [2.24, 2.45) is 9.81 Å². The van der Waals surface area contributed by atoms with Crippen LogP contribution in [-0.2, 0) is 9.59 Å². The Kier molecular flexibility index (Phi) is 4.08. The molecule has 0 saturated carbocycles. The normalized spacial score (nSPS) is 7.90. The number of nitrogens with zero attached hydrogens (tertiary/aromatic N) is 3. The maximum absolute atomic E-state index is 9.69. The van der Waals surface area contributed by atoms with Gasteiger partial charge in [0.15, 0.2) is 0 Å². The average Bonchev–Trinajstić information content (AvgIpc) is 1.87. The molecule has 0 aliphatic carbocycles. The van der Waals surface area contributed by atoms with Crippen LogP contribution in [-0.4, -0.2) is 38.2 Å². The van der Waals surface area contributed by atoms with Crippen molar-refractivity contribution in [1.29, 1.82) is 0 Å². The minimum absolute atomic E-state index is 0.782. The first kappa shape index (κ1) is 8.78. The van der Waals surface area contributed by atoms with E-state index in [1.165, 1.54) is 17.0 Å². The SMILES string of the molecule is CN(C)B(N=C=O)N=C=O. The van der Waals surface area contributed by atoms with Crippen LogP contribution in [0.15, 0.2) is 9.81 Å². The zero-order valence-electron chi connectivity index (χ0n) is 5.74. The number of hydrogen-bond acceptors (Lipinski definition) is 5. The molecule has 0 aromatic rings. The molecule has 0 amide bonds. The molecular formula is C4H6BN3O2. The van der Waals surface area contributed by atoms with Gasteiger partial charge in [0.2, 0.25) is 12.2 Å². The molecule has 0 radical (unpaired) electrons. The van der Waals surface area contributed by atoms with Gasteiger partial charge in [0.25, 0.3) is 0 Å². The van der Waals surface area contributed by atoms with E-state index in [2.05, 4.69) is 9.81 Å². The molecule has 0 atom stereocenters. The van der Waals surface area contributed by atoms with Gasteiger partial charge in [-0.1, -0.05) is 0 Å². The second kappa shape index (κ2) is 4.64. The number of isocyanates is 2. The molecule has 0 bridgehead atoms. The lowest BCUT2D eigenvalue weighted by Crippen LogP contribution is -2.29. The standard InChI is InChI=1S/C4H6BN3O2/c1-8(2)5(6-3-9)7-4-10/h1-2H3. The molecule has 0 fully saturated rings. The summed E-state index contributed by atoms with van der Waals surface area (Å²) in [5, 5.41) is 0. The minimum Gasteiger partial charge on any atom is -0.305 e. The topological polar surface area (TPSA) is 62.1 Å². The molecule has 0 heterocycles. The lowest BCUT2D eigenvalue weighted by atomic mass is 9.96. The summed E-state index contributed by atoms with van der Waals surface area (Å²) in [5.74, 6) is 0. The Hall–Kier alpha value is -1.22. The average molecular weight is 139 g/mol. The highest BCUT2D eigenvalue weighted by molar-refractivity contribution is 6.53. The smallest absolute Gasteiger partial charge is 0.305 e. The zero-order chi connectivity index (χ0) is 7.98. The van der Waals surface area contributed by atoms with E-state index in [0.717, 1.165) is 0 Å². The maximum atomic E-state index is 9.69. The lowest BCUT2D eigenvalue weighted by molar-refractivity contribution is 0.562. The van der Waals surface area contributed by atoms with Crippen molar-refractivity contribution in [2.45, 2.75) is 0 Å². The van der Waals surface area contributed by atoms with Crippen LogP contribution in [0.5, 0.6) is 0 Å². The predicted octanol–water partition coefficient (Wildman–Crippen LogP) is -0.796. The monoisotopic (exact) mass is 139 g/mol. The van der Waals surface area contributed by atoms with Gasteiger partial charge in [0.05, 0.1) is 0 Å². The van der Waals surface area contributed by atoms with E-state index in [4.69, 9.17) is 0 Å². The quantitative estimate of drug-likeness (QED) is 0.292. The molecule has 52 valence electrons. The molecule has 0 aromatic carbocycles. The summed E-state index contributed by atoms with van der Waals surface area (Å²) in [7, 11) is 2.48. The van der Waals surface area contributed by atoms with Gasteiger partial charge in [-0.3, -0.25) is 0 Å². The fourth-order valence-electron chi connectivity index (χ4n) is 0.354. The number of rotatable bonds is 3. The predicted molar refractivity (Wildman–Crippen MR) is 35.7 cm³/mol. The van der Waals surface area contributed by atoms with E-state index < -0.39 is 7.12 Å². The highest BCUT2D eigenvalue weighted by Crippen LogP contribution is 1.87. The Balaban J connectivity index is 4.24. The number of carbonyl (C=O) groups excluding carboxylic acids is 2. The van der Waals surface area contributed by atoms with Crippen molar-refractivity contribution in [3.8, 4) is 0 Å². The van der Waals surface area contributed by atoms with Gasteiger partial charge < -0.3 is 4.81 Å². The van der Waals surface area contributed by atoms with E-state index >= 15 is 0 Å². The van der Waals surface area contributed by atoms with E-state index in [9.17, 15) is 9.59 Å². The summed E-state index contributed by atoms with van der Waals surface area (Å²) >= 11 is 0. The summed E-state index contributed by atoms with van der Waals surface area (Å²) in [6.45, 7) is 0. The van der Waals surface area contributed by atoms with Crippen LogP contribution in [0.2, 0.25) is 0 Å². The van der Waals surface area contributed by atoms with E-state index in [1.807, 2.05) is 0 Å². The third kappa shape index (κ3) is 2.94. The molecule has 0 aliphatic rings. The van der Waals surface area contributed by atoms with Gasteiger partial charge in [-0.05, 0) is 14.1 Å². The second-order valence-corrected chi connectivity index (χ2v) is 1.75. The molecule has 6 heteroatoms. The Morgan fingerprint density at radius 3 is 1.80 bits per heavy atom. The Labute approximate surface area is 58.6 Å².